The van der Waals surface area contributed by atoms with Gasteiger partial charge < -0.3 is 4.74 Å². The lowest BCUT2D eigenvalue weighted by Crippen LogP contribution is -2.28. The molecule has 0 atom stereocenters. The van der Waals surface area contributed by atoms with Crippen molar-refractivity contribution < 1.29 is 9.53 Å². The zero-order valence-electron chi connectivity index (χ0n) is 13.6. The number of esters is 1. The predicted molar refractivity (Wildman–Crippen MR) is 92.2 cm³/mol. The van der Waals surface area contributed by atoms with Gasteiger partial charge in [-0.3, -0.25) is 4.79 Å². The average molecular weight is 322 g/mol. The number of benzene rings is 2. The second-order valence-corrected chi connectivity index (χ2v) is 5.86. The zero-order chi connectivity index (χ0) is 17.1. The van der Waals surface area contributed by atoms with E-state index in [2.05, 4.69) is 5.10 Å². The van der Waals surface area contributed by atoms with Crippen LogP contribution in [0.3, 0.4) is 0 Å². The number of carbonyl (C=O) groups is 1. The van der Waals surface area contributed by atoms with Crippen molar-refractivity contribution in [2.75, 3.05) is 0 Å². The van der Waals surface area contributed by atoms with Crippen LogP contribution in [0.4, 0.5) is 0 Å². The highest BCUT2D eigenvalue weighted by molar-refractivity contribution is 5.80. The molecule has 0 N–H and O–H groups in total. The number of para-hydroxylation sites is 1. The fraction of sp³-hybridized carbons (Fsp3) is 0.211. The molecule has 5 nitrogen and oxygen atoms in total. The third-order valence-electron chi connectivity index (χ3n) is 3.81. The van der Waals surface area contributed by atoms with Gasteiger partial charge >= 0.3 is 5.97 Å². The largest absolute Gasteiger partial charge is 0.425 e. The van der Waals surface area contributed by atoms with Crippen molar-refractivity contribution in [2.45, 2.75) is 26.3 Å². The summed E-state index contributed by atoms with van der Waals surface area (Å²) >= 11 is 0. The molecule has 1 aromatic heterocycles. The molecule has 5 heteroatoms. The highest BCUT2D eigenvalue weighted by Crippen LogP contribution is 2.25. The lowest BCUT2D eigenvalue weighted by atomic mass is 10.0. The van der Waals surface area contributed by atoms with E-state index >= 15 is 0 Å². The summed E-state index contributed by atoms with van der Waals surface area (Å²) in [5.41, 5.74) is 0.645. The molecule has 24 heavy (non-hydrogen) atoms. The SMILES string of the molecule is CC(C)c1ccccc1OC(=O)Cn1ncc2ccccc2c1=O. The molecule has 0 amide bonds. The highest BCUT2D eigenvalue weighted by Gasteiger charge is 2.13. The van der Waals surface area contributed by atoms with E-state index in [9.17, 15) is 9.59 Å². The normalized spacial score (nSPS) is 11.0. The predicted octanol–water partition coefficient (Wildman–Crippen LogP) is 3.13. The van der Waals surface area contributed by atoms with Crippen LogP contribution in [-0.4, -0.2) is 15.7 Å². The Balaban J connectivity index is 1.84. The summed E-state index contributed by atoms with van der Waals surface area (Å²) in [4.78, 5) is 24.6. The quantitative estimate of drug-likeness (QED) is 0.547. The van der Waals surface area contributed by atoms with Gasteiger partial charge in [0.05, 0.1) is 11.6 Å². The summed E-state index contributed by atoms with van der Waals surface area (Å²) in [6, 6.07) is 14.5. The summed E-state index contributed by atoms with van der Waals surface area (Å²) in [5.74, 6) is 0.231. The second kappa shape index (κ2) is 6.66. The standard InChI is InChI=1S/C19H18N2O3/c1-13(2)15-8-5-6-10-17(15)24-18(22)12-21-19(23)16-9-4-3-7-14(16)11-20-21/h3-11,13H,12H2,1-2H3. The molecule has 0 spiro atoms. The molecule has 122 valence electrons. The number of carbonyl (C=O) groups excluding carboxylic acids is 1. The van der Waals surface area contributed by atoms with Crippen LogP contribution >= 0.6 is 0 Å². The number of fused-ring (bicyclic) bond motifs is 1. The maximum atomic E-state index is 12.4. The van der Waals surface area contributed by atoms with Gasteiger partial charge in [-0.15, -0.1) is 0 Å². The van der Waals surface area contributed by atoms with Crippen molar-refractivity contribution in [3.63, 3.8) is 0 Å². The Kier molecular flexibility index (Phi) is 4.42. The van der Waals surface area contributed by atoms with Crippen molar-refractivity contribution in [2.24, 2.45) is 0 Å². The molecular formula is C19H18N2O3. The van der Waals surface area contributed by atoms with E-state index in [1.807, 2.05) is 44.2 Å². The fourth-order valence-electron chi connectivity index (χ4n) is 2.57. The molecule has 3 aromatic rings. The molecule has 0 aliphatic rings. The minimum Gasteiger partial charge on any atom is -0.425 e. The van der Waals surface area contributed by atoms with Gasteiger partial charge in [0.25, 0.3) is 5.56 Å². The second-order valence-electron chi connectivity index (χ2n) is 5.86. The molecule has 0 saturated heterocycles. The van der Waals surface area contributed by atoms with Crippen molar-refractivity contribution in [1.82, 2.24) is 9.78 Å². The van der Waals surface area contributed by atoms with Crippen LogP contribution in [0, 0.1) is 0 Å². The van der Waals surface area contributed by atoms with Crippen LogP contribution < -0.4 is 10.3 Å². The topological polar surface area (TPSA) is 61.2 Å². The molecular weight excluding hydrogens is 304 g/mol. The molecule has 0 aliphatic carbocycles. The first-order chi connectivity index (χ1) is 11.6. The van der Waals surface area contributed by atoms with E-state index in [1.54, 1.807) is 24.4 Å². The van der Waals surface area contributed by atoms with Gasteiger partial charge in [0.15, 0.2) is 0 Å². The highest BCUT2D eigenvalue weighted by atomic mass is 16.5. The van der Waals surface area contributed by atoms with E-state index in [0.29, 0.717) is 11.1 Å². The smallest absolute Gasteiger partial charge is 0.333 e. The molecule has 0 radical (unpaired) electrons. The number of hydrogen-bond acceptors (Lipinski definition) is 4. The van der Waals surface area contributed by atoms with Crippen LogP contribution in [-0.2, 0) is 11.3 Å². The maximum absolute atomic E-state index is 12.4. The Labute approximate surface area is 139 Å². The minimum atomic E-state index is -0.520. The van der Waals surface area contributed by atoms with Crippen LogP contribution in [0.25, 0.3) is 10.8 Å². The van der Waals surface area contributed by atoms with Crippen LogP contribution in [0.2, 0.25) is 0 Å². The first-order valence-corrected chi connectivity index (χ1v) is 7.80. The lowest BCUT2D eigenvalue weighted by Gasteiger charge is -2.12. The molecule has 0 fully saturated rings. The lowest BCUT2D eigenvalue weighted by molar-refractivity contribution is -0.135. The number of aromatic nitrogens is 2. The first kappa shape index (κ1) is 15.9. The Hall–Kier alpha value is -2.95. The molecule has 1 heterocycles. The van der Waals surface area contributed by atoms with Crippen molar-refractivity contribution in [1.29, 1.82) is 0 Å². The monoisotopic (exact) mass is 322 g/mol. The number of rotatable bonds is 4. The molecule has 3 rings (SSSR count). The third-order valence-corrected chi connectivity index (χ3v) is 3.81. The Morgan fingerprint density at radius 3 is 2.62 bits per heavy atom. The molecule has 0 saturated carbocycles. The molecule has 0 bridgehead atoms. The Morgan fingerprint density at radius 1 is 1.12 bits per heavy atom. The van der Waals surface area contributed by atoms with E-state index in [4.69, 9.17) is 4.74 Å². The number of nitrogens with zero attached hydrogens (tertiary/aromatic N) is 2. The summed E-state index contributed by atoms with van der Waals surface area (Å²) in [6.45, 7) is 3.83. The van der Waals surface area contributed by atoms with E-state index in [-0.39, 0.29) is 18.0 Å². The first-order valence-electron chi connectivity index (χ1n) is 7.80. The van der Waals surface area contributed by atoms with Gasteiger partial charge in [-0.25, -0.2) is 9.48 Å². The molecule has 0 aliphatic heterocycles. The van der Waals surface area contributed by atoms with E-state index < -0.39 is 5.97 Å². The maximum Gasteiger partial charge on any atom is 0.333 e. The van der Waals surface area contributed by atoms with Crippen molar-refractivity contribution in [3.8, 4) is 5.75 Å². The van der Waals surface area contributed by atoms with Crippen molar-refractivity contribution in [3.05, 3.63) is 70.6 Å². The fourth-order valence-corrected chi connectivity index (χ4v) is 2.57. The van der Waals surface area contributed by atoms with Gasteiger partial charge in [0.1, 0.15) is 12.3 Å². The van der Waals surface area contributed by atoms with Gasteiger partial charge in [-0.2, -0.15) is 5.10 Å². The van der Waals surface area contributed by atoms with Gasteiger partial charge in [0.2, 0.25) is 0 Å². The van der Waals surface area contributed by atoms with Crippen molar-refractivity contribution >= 4 is 16.7 Å². The van der Waals surface area contributed by atoms with Crippen LogP contribution in [0.1, 0.15) is 25.3 Å². The third kappa shape index (κ3) is 3.20. The Morgan fingerprint density at radius 2 is 1.83 bits per heavy atom. The van der Waals surface area contributed by atoms with Crippen LogP contribution in [0.15, 0.2) is 59.5 Å². The minimum absolute atomic E-state index is 0.226. The zero-order valence-corrected chi connectivity index (χ0v) is 13.6. The summed E-state index contributed by atoms with van der Waals surface area (Å²) in [7, 11) is 0. The molecule has 0 unspecified atom stereocenters. The number of hydrogen-bond donors (Lipinski definition) is 0. The number of ether oxygens (including phenoxy) is 1. The van der Waals surface area contributed by atoms with E-state index in [0.717, 1.165) is 15.6 Å². The van der Waals surface area contributed by atoms with Crippen LogP contribution in [0.5, 0.6) is 5.75 Å². The van der Waals surface area contributed by atoms with E-state index in [1.165, 1.54) is 0 Å². The van der Waals surface area contributed by atoms with Gasteiger partial charge in [-0.1, -0.05) is 50.2 Å². The summed E-state index contributed by atoms with van der Waals surface area (Å²) in [6.07, 6.45) is 1.58. The summed E-state index contributed by atoms with van der Waals surface area (Å²) in [5, 5.41) is 5.33. The van der Waals surface area contributed by atoms with Gasteiger partial charge in [-0.05, 0) is 23.6 Å². The average Bonchev–Trinajstić information content (AvgIpc) is 2.58. The van der Waals surface area contributed by atoms with Gasteiger partial charge in [0, 0.05) is 5.39 Å². The Bertz CT molecular complexity index is 944. The molecule has 2 aromatic carbocycles. The summed E-state index contributed by atoms with van der Waals surface area (Å²) < 4.78 is 6.57.